The fraction of sp³-hybridized carbons (Fsp3) is 0.875. The zero-order valence-electron chi connectivity index (χ0n) is 14.7. The van der Waals surface area contributed by atoms with Crippen molar-refractivity contribution < 1.29 is 19.8 Å². The summed E-state index contributed by atoms with van der Waals surface area (Å²) in [5.74, 6) is -0.821. The van der Waals surface area contributed by atoms with Crippen LogP contribution in [0, 0.1) is 0 Å². The van der Waals surface area contributed by atoms with E-state index in [0.29, 0.717) is 19.6 Å². The topological polar surface area (TPSA) is 93.1 Å². The molecule has 1 fully saturated rings. The highest BCUT2D eigenvalue weighted by Gasteiger charge is 2.35. The summed E-state index contributed by atoms with van der Waals surface area (Å²) in [4.78, 5) is 26.7. The Balaban J connectivity index is 2.45. The molecule has 0 unspecified atom stereocenters. The molecule has 1 aliphatic rings. The number of urea groups is 1. The summed E-state index contributed by atoms with van der Waals surface area (Å²) in [5.41, 5.74) is -0.921. The second-order valence-corrected chi connectivity index (χ2v) is 6.96. The molecule has 0 saturated heterocycles. The van der Waals surface area contributed by atoms with Gasteiger partial charge in [-0.25, -0.2) is 4.79 Å². The van der Waals surface area contributed by atoms with Gasteiger partial charge in [0.25, 0.3) is 0 Å². The monoisotopic (exact) mass is 329 g/mol. The number of aliphatic carboxylic acids is 1. The van der Waals surface area contributed by atoms with Gasteiger partial charge in [0.1, 0.15) is 0 Å². The molecule has 0 spiro atoms. The van der Waals surface area contributed by atoms with Crippen LogP contribution >= 0.6 is 0 Å². The van der Waals surface area contributed by atoms with Crippen molar-refractivity contribution >= 4 is 12.0 Å². The van der Waals surface area contributed by atoms with Crippen molar-refractivity contribution in [1.29, 1.82) is 0 Å². The number of carboxylic acid groups (broad SMARTS) is 1. The van der Waals surface area contributed by atoms with Crippen LogP contribution in [-0.2, 0) is 4.79 Å². The van der Waals surface area contributed by atoms with E-state index in [4.69, 9.17) is 5.11 Å². The van der Waals surface area contributed by atoms with E-state index >= 15 is 0 Å². The number of carbonyl (C=O) groups excluding carboxylic acids is 1. The largest absolute Gasteiger partial charge is 0.480 e. The third-order valence-corrected chi connectivity index (χ3v) is 4.06. The van der Waals surface area contributed by atoms with Crippen LogP contribution < -0.4 is 5.32 Å². The first-order valence-corrected chi connectivity index (χ1v) is 8.40. The van der Waals surface area contributed by atoms with Crippen LogP contribution in [-0.4, -0.2) is 75.9 Å². The maximum atomic E-state index is 12.3. The Hall–Kier alpha value is -1.34. The van der Waals surface area contributed by atoms with Crippen LogP contribution in [0.4, 0.5) is 4.79 Å². The zero-order valence-corrected chi connectivity index (χ0v) is 14.7. The minimum atomic E-state index is -0.921. The van der Waals surface area contributed by atoms with Gasteiger partial charge in [0.05, 0.1) is 18.7 Å². The Morgan fingerprint density at radius 2 is 1.87 bits per heavy atom. The Morgan fingerprint density at radius 1 is 1.26 bits per heavy atom. The normalized spacial score (nSPS) is 21.0. The van der Waals surface area contributed by atoms with Gasteiger partial charge in [0.15, 0.2) is 0 Å². The molecule has 7 heteroatoms. The lowest BCUT2D eigenvalue weighted by Gasteiger charge is -2.43. The maximum absolute atomic E-state index is 12.3. The summed E-state index contributed by atoms with van der Waals surface area (Å²) >= 11 is 0. The first kappa shape index (κ1) is 19.7. The number of nitrogens with zero attached hydrogens (tertiary/aromatic N) is 2. The summed E-state index contributed by atoms with van der Waals surface area (Å²) in [6.07, 6.45) is 2.38. The molecular weight excluding hydrogens is 298 g/mol. The van der Waals surface area contributed by atoms with E-state index in [1.165, 1.54) is 0 Å². The van der Waals surface area contributed by atoms with Crippen molar-refractivity contribution in [2.45, 2.75) is 64.6 Å². The summed E-state index contributed by atoms with van der Waals surface area (Å²) < 4.78 is 0. The third-order valence-electron chi connectivity index (χ3n) is 4.06. The number of hydrogen-bond donors (Lipinski definition) is 3. The van der Waals surface area contributed by atoms with Crippen molar-refractivity contribution in [3.8, 4) is 0 Å². The molecule has 0 bridgehead atoms. The van der Waals surface area contributed by atoms with Crippen LogP contribution in [0.5, 0.6) is 0 Å². The average Bonchev–Trinajstić information content (AvgIpc) is 2.37. The number of likely N-dealkylation sites (N-methyl/N-ethyl adjacent to an activating group) is 1. The predicted molar refractivity (Wildman–Crippen MR) is 88.4 cm³/mol. The molecule has 134 valence electrons. The number of rotatable bonds is 9. The lowest BCUT2D eigenvalue weighted by Crippen LogP contribution is -2.57. The molecule has 23 heavy (non-hydrogen) atoms. The van der Waals surface area contributed by atoms with Crippen molar-refractivity contribution in [2.75, 3.05) is 26.2 Å². The predicted octanol–water partition coefficient (Wildman–Crippen LogP) is 1.12. The van der Waals surface area contributed by atoms with Gasteiger partial charge in [0.2, 0.25) is 0 Å². The lowest BCUT2D eigenvalue weighted by molar-refractivity contribution is -0.139. The van der Waals surface area contributed by atoms with E-state index in [2.05, 4.69) is 5.32 Å². The van der Waals surface area contributed by atoms with Crippen molar-refractivity contribution in [2.24, 2.45) is 0 Å². The fourth-order valence-electron chi connectivity index (χ4n) is 2.93. The van der Waals surface area contributed by atoms with Gasteiger partial charge in [-0.05, 0) is 39.7 Å². The zero-order chi connectivity index (χ0) is 17.6. The van der Waals surface area contributed by atoms with Crippen LogP contribution in [0.1, 0.15) is 47.0 Å². The van der Waals surface area contributed by atoms with Crippen molar-refractivity contribution in [1.82, 2.24) is 15.1 Å². The SMILES string of the molecule is CCCN(CC(C)(C)O)C(=O)NC1CC(N(CC)CC(=O)O)C1. The van der Waals surface area contributed by atoms with Gasteiger partial charge < -0.3 is 20.4 Å². The minimum Gasteiger partial charge on any atom is -0.480 e. The Labute approximate surface area is 138 Å². The quantitative estimate of drug-likeness (QED) is 0.589. The number of amides is 2. The molecule has 0 aromatic heterocycles. The van der Waals surface area contributed by atoms with E-state index in [0.717, 1.165) is 19.3 Å². The second-order valence-electron chi connectivity index (χ2n) is 6.96. The smallest absolute Gasteiger partial charge is 0.317 e. The molecule has 0 aliphatic heterocycles. The summed E-state index contributed by atoms with van der Waals surface area (Å²) in [7, 11) is 0. The van der Waals surface area contributed by atoms with E-state index in [1.54, 1.807) is 18.7 Å². The van der Waals surface area contributed by atoms with Gasteiger partial charge in [-0.2, -0.15) is 0 Å². The van der Waals surface area contributed by atoms with Crippen LogP contribution in [0.25, 0.3) is 0 Å². The third kappa shape index (κ3) is 6.74. The van der Waals surface area contributed by atoms with E-state index in [-0.39, 0.29) is 24.7 Å². The molecule has 1 saturated carbocycles. The molecular formula is C16H31N3O4. The van der Waals surface area contributed by atoms with Gasteiger partial charge in [-0.15, -0.1) is 0 Å². The summed E-state index contributed by atoms with van der Waals surface area (Å²) in [5, 5.41) is 21.8. The Bertz CT molecular complexity index is 403. The molecule has 0 atom stereocenters. The van der Waals surface area contributed by atoms with Crippen LogP contribution in [0.3, 0.4) is 0 Å². The van der Waals surface area contributed by atoms with Gasteiger partial charge in [-0.3, -0.25) is 9.69 Å². The number of carbonyl (C=O) groups is 2. The van der Waals surface area contributed by atoms with E-state index in [1.807, 2.05) is 18.7 Å². The molecule has 1 rings (SSSR count). The minimum absolute atomic E-state index is 0.0441. The highest BCUT2D eigenvalue weighted by molar-refractivity contribution is 5.74. The van der Waals surface area contributed by atoms with Crippen LogP contribution in [0.2, 0.25) is 0 Å². The number of nitrogens with one attached hydrogen (secondary N) is 1. The Morgan fingerprint density at radius 3 is 2.30 bits per heavy atom. The molecule has 7 nitrogen and oxygen atoms in total. The maximum Gasteiger partial charge on any atom is 0.317 e. The highest BCUT2D eigenvalue weighted by Crippen LogP contribution is 2.25. The summed E-state index contributed by atoms with van der Waals surface area (Å²) in [6, 6.07) is 0.144. The van der Waals surface area contributed by atoms with E-state index < -0.39 is 11.6 Å². The van der Waals surface area contributed by atoms with Gasteiger partial charge in [-0.1, -0.05) is 13.8 Å². The van der Waals surface area contributed by atoms with Gasteiger partial charge in [0, 0.05) is 18.6 Å². The molecule has 0 aromatic rings. The van der Waals surface area contributed by atoms with Gasteiger partial charge >= 0.3 is 12.0 Å². The van der Waals surface area contributed by atoms with Crippen molar-refractivity contribution in [3.63, 3.8) is 0 Å². The molecule has 0 aromatic carbocycles. The van der Waals surface area contributed by atoms with E-state index in [9.17, 15) is 14.7 Å². The number of carboxylic acids is 1. The first-order chi connectivity index (χ1) is 10.7. The molecule has 2 amide bonds. The summed E-state index contributed by atoms with van der Waals surface area (Å²) in [6.45, 7) is 8.95. The molecule has 0 radical (unpaired) electrons. The molecule has 0 heterocycles. The number of hydrogen-bond acceptors (Lipinski definition) is 4. The Kier molecular flexibility index (Phi) is 7.28. The lowest BCUT2D eigenvalue weighted by atomic mass is 9.85. The highest BCUT2D eigenvalue weighted by atomic mass is 16.4. The van der Waals surface area contributed by atoms with Crippen LogP contribution in [0.15, 0.2) is 0 Å². The number of aliphatic hydroxyl groups is 1. The molecule has 1 aliphatic carbocycles. The fourth-order valence-corrected chi connectivity index (χ4v) is 2.93. The standard InChI is InChI=1S/C16H31N3O4/c1-5-7-19(11-16(3,4)23)15(22)17-12-8-13(9-12)18(6-2)10-14(20)21/h12-13,23H,5-11H2,1-4H3,(H,17,22)(H,20,21). The average molecular weight is 329 g/mol. The van der Waals surface area contributed by atoms with Crippen molar-refractivity contribution in [3.05, 3.63) is 0 Å². The molecule has 3 N–H and O–H groups in total. The first-order valence-electron chi connectivity index (χ1n) is 8.40. The second kappa shape index (κ2) is 8.49.